The fourth-order valence-corrected chi connectivity index (χ4v) is 1.93. The molecule has 0 saturated carbocycles. The summed E-state index contributed by atoms with van der Waals surface area (Å²) >= 11 is 0. The lowest BCUT2D eigenvalue weighted by molar-refractivity contribution is -0.159. The number of benzene rings is 1. The number of carbonyl (C=O) groups is 2. The Labute approximate surface area is 128 Å². The summed E-state index contributed by atoms with van der Waals surface area (Å²) in [5, 5.41) is 18.2. The van der Waals surface area contributed by atoms with Gasteiger partial charge < -0.3 is 25.0 Å². The number of hydrogen-bond donors (Lipinski definition) is 3. The summed E-state index contributed by atoms with van der Waals surface area (Å²) in [6.07, 6.45) is 2.81. The lowest BCUT2D eigenvalue weighted by Crippen LogP contribution is -2.25. The molecule has 0 radical (unpaired) electrons. The van der Waals surface area contributed by atoms with Crippen LogP contribution < -0.4 is 10.1 Å². The number of rotatable bonds is 5. The molecule has 1 aromatic rings. The molecule has 1 atom stereocenters. The minimum Gasteiger partial charge on any atom is -0.497 e. The van der Waals surface area contributed by atoms with E-state index in [4.69, 9.17) is 29.3 Å². The number of carboxylic acid groups (broad SMARTS) is 2. The van der Waals surface area contributed by atoms with Crippen LogP contribution in [0.25, 0.3) is 0 Å². The van der Waals surface area contributed by atoms with Crippen LogP contribution in [0, 0.1) is 0 Å². The van der Waals surface area contributed by atoms with Crippen molar-refractivity contribution in [3.8, 4) is 5.75 Å². The third-order valence-electron chi connectivity index (χ3n) is 3.07. The Morgan fingerprint density at radius 3 is 2.36 bits per heavy atom. The second kappa shape index (κ2) is 9.75. The summed E-state index contributed by atoms with van der Waals surface area (Å²) in [6, 6.07) is 8.15. The van der Waals surface area contributed by atoms with Gasteiger partial charge in [-0.2, -0.15) is 0 Å². The van der Waals surface area contributed by atoms with Gasteiger partial charge in [0.15, 0.2) is 0 Å². The molecule has 1 aromatic carbocycles. The average molecular weight is 311 g/mol. The van der Waals surface area contributed by atoms with Crippen LogP contribution in [-0.2, 0) is 20.9 Å². The maximum atomic E-state index is 9.10. The van der Waals surface area contributed by atoms with Crippen molar-refractivity contribution in [2.24, 2.45) is 0 Å². The molecule has 1 aliphatic heterocycles. The molecule has 7 heteroatoms. The van der Waals surface area contributed by atoms with E-state index in [0.717, 1.165) is 25.4 Å². The van der Waals surface area contributed by atoms with Crippen molar-refractivity contribution in [3.63, 3.8) is 0 Å². The molecule has 1 heterocycles. The van der Waals surface area contributed by atoms with E-state index >= 15 is 0 Å². The highest BCUT2D eigenvalue weighted by atomic mass is 16.5. The second-order valence-electron chi connectivity index (χ2n) is 4.72. The average Bonchev–Trinajstić information content (AvgIpc) is 3.02. The monoisotopic (exact) mass is 311 g/mol. The number of ether oxygens (including phenoxy) is 2. The van der Waals surface area contributed by atoms with Gasteiger partial charge in [0.05, 0.1) is 13.2 Å². The Morgan fingerprint density at radius 1 is 1.27 bits per heavy atom. The molecule has 3 N–H and O–H groups in total. The fraction of sp³-hybridized carbons (Fsp3) is 0.467. The summed E-state index contributed by atoms with van der Waals surface area (Å²) in [5.74, 6) is -2.74. The van der Waals surface area contributed by atoms with Crippen LogP contribution in [-0.4, -0.2) is 48.5 Å². The highest BCUT2D eigenvalue weighted by Crippen LogP contribution is 2.12. The Morgan fingerprint density at radius 2 is 1.91 bits per heavy atom. The zero-order valence-corrected chi connectivity index (χ0v) is 12.4. The molecule has 2 rings (SSSR count). The van der Waals surface area contributed by atoms with Crippen LogP contribution in [0.2, 0.25) is 0 Å². The quantitative estimate of drug-likeness (QED) is 0.700. The standard InChI is InChI=1S/C13H19NO2.C2H2O4/c1-15-12-6-4-11(5-7-12)9-14-10-13-3-2-8-16-13;3-1(4)2(5)6/h4-7,13-14H,2-3,8-10H2,1H3;(H,3,4)(H,5,6). The van der Waals surface area contributed by atoms with Crippen molar-refractivity contribution in [1.82, 2.24) is 5.32 Å². The first kappa shape index (κ1) is 17.9. The predicted molar refractivity (Wildman–Crippen MR) is 78.9 cm³/mol. The molecule has 122 valence electrons. The first-order valence-electron chi connectivity index (χ1n) is 6.94. The molecule has 22 heavy (non-hydrogen) atoms. The lowest BCUT2D eigenvalue weighted by atomic mass is 10.2. The Kier molecular flexibility index (Phi) is 7.95. The van der Waals surface area contributed by atoms with Crippen LogP contribution >= 0.6 is 0 Å². The van der Waals surface area contributed by atoms with Crippen molar-refractivity contribution < 1.29 is 29.3 Å². The van der Waals surface area contributed by atoms with Gasteiger partial charge in [0, 0.05) is 19.7 Å². The van der Waals surface area contributed by atoms with Crippen LogP contribution in [0.1, 0.15) is 18.4 Å². The third kappa shape index (κ3) is 7.05. The molecule has 1 aliphatic rings. The molecule has 0 amide bonds. The largest absolute Gasteiger partial charge is 0.497 e. The predicted octanol–water partition coefficient (Wildman–Crippen LogP) is 1.12. The van der Waals surface area contributed by atoms with E-state index in [1.54, 1.807) is 7.11 Å². The van der Waals surface area contributed by atoms with Gasteiger partial charge in [-0.15, -0.1) is 0 Å². The number of methoxy groups -OCH3 is 1. The van der Waals surface area contributed by atoms with Crippen molar-refractivity contribution in [2.45, 2.75) is 25.5 Å². The van der Waals surface area contributed by atoms with E-state index in [2.05, 4.69) is 17.4 Å². The summed E-state index contributed by atoms with van der Waals surface area (Å²) in [7, 11) is 1.69. The van der Waals surface area contributed by atoms with E-state index in [9.17, 15) is 0 Å². The van der Waals surface area contributed by atoms with Crippen LogP contribution in [0.3, 0.4) is 0 Å². The summed E-state index contributed by atoms with van der Waals surface area (Å²) in [6.45, 7) is 2.77. The molecular weight excluding hydrogens is 290 g/mol. The molecular formula is C15H21NO6. The molecule has 7 nitrogen and oxygen atoms in total. The van der Waals surface area contributed by atoms with Gasteiger partial charge in [-0.3, -0.25) is 0 Å². The van der Waals surface area contributed by atoms with Crippen LogP contribution in [0.5, 0.6) is 5.75 Å². The van der Waals surface area contributed by atoms with Crippen molar-refractivity contribution in [2.75, 3.05) is 20.3 Å². The molecule has 0 aromatic heterocycles. The maximum Gasteiger partial charge on any atom is 0.414 e. The summed E-state index contributed by atoms with van der Waals surface area (Å²) in [5.41, 5.74) is 1.28. The van der Waals surface area contributed by atoms with Crippen molar-refractivity contribution in [3.05, 3.63) is 29.8 Å². The molecule has 0 bridgehead atoms. The minimum absolute atomic E-state index is 0.415. The van der Waals surface area contributed by atoms with E-state index in [-0.39, 0.29) is 0 Å². The number of carboxylic acids is 2. The molecule has 1 saturated heterocycles. The topological polar surface area (TPSA) is 105 Å². The summed E-state index contributed by atoms with van der Waals surface area (Å²) < 4.78 is 10.7. The molecule has 0 spiro atoms. The van der Waals surface area contributed by atoms with Gasteiger partial charge in [-0.25, -0.2) is 9.59 Å². The normalized spacial score (nSPS) is 16.5. The van der Waals surface area contributed by atoms with E-state index in [1.807, 2.05) is 12.1 Å². The lowest BCUT2D eigenvalue weighted by Gasteiger charge is -2.10. The first-order valence-corrected chi connectivity index (χ1v) is 6.94. The van der Waals surface area contributed by atoms with Crippen LogP contribution in [0.4, 0.5) is 0 Å². The van der Waals surface area contributed by atoms with Gasteiger partial charge in [0.1, 0.15) is 5.75 Å². The fourth-order valence-electron chi connectivity index (χ4n) is 1.93. The molecule has 1 fully saturated rings. The van der Waals surface area contributed by atoms with Gasteiger partial charge in [-0.1, -0.05) is 12.1 Å². The minimum atomic E-state index is -1.82. The molecule has 1 unspecified atom stereocenters. The van der Waals surface area contributed by atoms with E-state index in [0.29, 0.717) is 6.10 Å². The van der Waals surface area contributed by atoms with Crippen molar-refractivity contribution in [1.29, 1.82) is 0 Å². The van der Waals surface area contributed by atoms with Gasteiger partial charge in [0.2, 0.25) is 0 Å². The zero-order chi connectivity index (χ0) is 16.4. The third-order valence-corrected chi connectivity index (χ3v) is 3.07. The van der Waals surface area contributed by atoms with E-state index < -0.39 is 11.9 Å². The van der Waals surface area contributed by atoms with E-state index in [1.165, 1.54) is 18.4 Å². The highest BCUT2D eigenvalue weighted by Gasteiger charge is 2.14. The molecule has 0 aliphatic carbocycles. The zero-order valence-electron chi connectivity index (χ0n) is 12.4. The van der Waals surface area contributed by atoms with Gasteiger partial charge in [-0.05, 0) is 30.5 Å². The number of hydrogen-bond acceptors (Lipinski definition) is 5. The highest BCUT2D eigenvalue weighted by molar-refractivity contribution is 6.27. The number of nitrogens with one attached hydrogen (secondary N) is 1. The first-order chi connectivity index (χ1) is 10.5. The van der Waals surface area contributed by atoms with Gasteiger partial charge in [0.25, 0.3) is 0 Å². The summed E-state index contributed by atoms with van der Waals surface area (Å²) in [4.78, 5) is 18.2. The van der Waals surface area contributed by atoms with Gasteiger partial charge >= 0.3 is 11.9 Å². The van der Waals surface area contributed by atoms with Crippen LogP contribution in [0.15, 0.2) is 24.3 Å². The number of aliphatic carboxylic acids is 2. The Balaban J connectivity index is 0.000000346. The van der Waals surface area contributed by atoms with Crippen molar-refractivity contribution >= 4 is 11.9 Å². The maximum absolute atomic E-state index is 9.10. The Bertz CT molecular complexity index is 455. The SMILES string of the molecule is COc1ccc(CNCC2CCCO2)cc1.O=C(O)C(=O)O. The Hall–Kier alpha value is -2.12. The smallest absolute Gasteiger partial charge is 0.414 e. The second-order valence-corrected chi connectivity index (χ2v) is 4.72.